The number of ether oxygens (including phenoxy) is 8. The lowest BCUT2D eigenvalue weighted by atomic mass is 10.3. The van der Waals surface area contributed by atoms with Crippen LogP contribution in [0.3, 0.4) is 0 Å². The van der Waals surface area contributed by atoms with E-state index in [4.69, 9.17) is 37.9 Å². The zero-order valence-electron chi connectivity index (χ0n) is 30.4. The van der Waals surface area contributed by atoms with Gasteiger partial charge in [0.05, 0.1) is 95.0 Å². The van der Waals surface area contributed by atoms with Crippen molar-refractivity contribution >= 4 is 66.9 Å². The van der Waals surface area contributed by atoms with Gasteiger partial charge in [-0.25, -0.2) is 0 Å². The minimum Gasteiger partial charge on any atom is -0.493 e. The number of hydrogen-bond acceptors (Lipinski definition) is 8. The third-order valence-electron chi connectivity index (χ3n) is 9.64. The van der Waals surface area contributed by atoms with Gasteiger partial charge >= 0.3 is 0 Å². The fourth-order valence-corrected chi connectivity index (χ4v) is 42.6. The number of benzene rings is 4. The van der Waals surface area contributed by atoms with Gasteiger partial charge in [-0.05, 0) is 45.0 Å². The number of hydrogen-bond donors (Lipinski definition) is 0. The van der Waals surface area contributed by atoms with Crippen LogP contribution in [-0.2, 0) is 0 Å². The Morgan fingerprint density at radius 3 is 0.755 bits per heavy atom. The molecule has 0 atom stereocenters. The molecular weight excluding hydrogens is 701 g/mol. The van der Waals surface area contributed by atoms with Gasteiger partial charge in [-0.3, -0.25) is 0 Å². The van der Waals surface area contributed by atoms with Crippen LogP contribution in [0.2, 0.25) is 22.7 Å². The van der Waals surface area contributed by atoms with Crippen LogP contribution >= 0.6 is 0 Å². The lowest BCUT2D eigenvalue weighted by molar-refractivity contribution is 0.357. The first-order valence-electron chi connectivity index (χ1n) is 16.7. The Hall–Kier alpha value is -3.64. The number of methoxy groups -OCH3 is 8. The Morgan fingerprint density at radius 2 is 0.571 bits per heavy atom. The maximum atomic E-state index is 5.95. The maximum Gasteiger partial charge on any atom is 0.160 e. The van der Waals surface area contributed by atoms with Crippen molar-refractivity contribution in [2.75, 3.05) is 56.9 Å². The molecule has 4 aromatic rings. The van der Waals surface area contributed by atoms with Crippen molar-refractivity contribution in [3.05, 3.63) is 72.8 Å². The summed E-state index contributed by atoms with van der Waals surface area (Å²) in [4.78, 5) is 0. The molecule has 0 aromatic heterocycles. The molecule has 49 heavy (non-hydrogen) atoms. The minimum atomic E-state index is -1.92. The van der Waals surface area contributed by atoms with Gasteiger partial charge in [-0.15, -0.1) is 0 Å². The van der Waals surface area contributed by atoms with Crippen molar-refractivity contribution in [1.29, 1.82) is 0 Å². The summed E-state index contributed by atoms with van der Waals surface area (Å²) >= 11 is 0. The molecule has 0 aliphatic heterocycles. The van der Waals surface area contributed by atoms with E-state index in [1.807, 2.05) is 24.3 Å². The molecule has 264 valence electrons. The molecular formula is C36H52O8Si5. The second-order valence-electron chi connectivity index (χ2n) is 12.1. The van der Waals surface area contributed by atoms with Gasteiger partial charge in [-0.1, -0.05) is 71.2 Å². The van der Waals surface area contributed by atoms with Crippen LogP contribution in [0.5, 0.6) is 46.0 Å². The van der Waals surface area contributed by atoms with Crippen LogP contribution in [0.4, 0.5) is 0 Å². The van der Waals surface area contributed by atoms with Gasteiger partial charge in [0.1, 0.15) is 0 Å². The predicted octanol–water partition coefficient (Wildman–Crippen LogP) is 1.31. The van der Waals surface area contributed by atoms with Crippen LogP contribution in [-0.4, -0.2) is 103 Å². The summed E-state index contributed by atoms with van der Waals surface area (Å²) in [6.45, 7) is 0. The topological polar surface area (TPSA) is 73.8 Å². The Kier molecular flexibility index (Phi) is 14.8. The van der Waals surface area contributed by atoms with Crippen LogP contribution in [0.1, 0.15) is 0 Å². The molecule has 0 heterocycles. The van der Waals surface area contributed by atoms with E-state index in [1.165, 1.54) is 43.4 Å². The first-order chi connectivity index (χ1) is 23.9. The van der Waals surface area contributed by atoms with Crippen molar-refractivity contribution in [2.45, 2.75) is 22.7 Å². The van der Waals surface area contributed by atoms with Gasteiger partial charge in [0, 0.05) is 8.07 Å². The highest BCUT2D eigenvalue weighted by Crippen LogP contribution is 2.31. The van der Waals surface area contributed by atoms with Gasteiger partial charge in [-0.2, -0.15) is 0 Å². The van der Waals surface area contributed by atoms with Gasteiger partial charge < -0.3 is 37.9 Å². The molecule has 13 heteroatoms. The molecule has 0 spiro atoms. The molecule has 0 fully saturated rings. The van der Waals surface area contributed by atoms with Crippen molar-refractivity contribution in [3.8, 4) is 46.0 Å². The third kappa shape index (κ3) is 9.33. The van der Waals surface area contributed by atoms with Crippen molar-refractivity contribution in [3.63, 3.8) is 0 Å². The summed E-state index contributed by atoms with van der Waals surface area (Å²) in [5.41, 5.74) is 5.14. The van der Waals surface area contributed by atoms with E-state index < -0.39 is 46.2 Å². The van der Waals surface area contributed by atoms with Crippen LogP contribution < -0.4 is 58.6 Å². The molecule has 0 saturated carbocycles. The minimum absolute atomic E-state index is 0.712. The predicted molar refractivity (Wildman–Crippen MR) is 216 cm³/mol. The summed E-state index contributed by atoms with van der Waals surface area (Å²) in [5.74, 6) is 6.80. The van der Waals surface area contributed by atoms with Gasteiger partial charge in [0.25, 0.3) is 0 Å². The van der Waals surface area contributed by atoms with E-state index in [0.717, 1.165) is 46.0 Å². The SMILES string of the molecule is COc1cccc([SiH2]C[Si](C[SiH2]c2cccc(OC)c2OC)(C[SiH2]c2cccc(OC)c2OC)C[SiH2]c2cccc(OC)c2OC)c1OC. The molecule has 0 bridgehead atoms. The Bertz CT molecular complexity index is 1410. The van der Waals surface area contributed by atoms with Crippen LogP contribution in [0.25, 0.3) is 0 Å². The molecule has 0 aliphatic carbocycles. The summed E-state index contributed by atoms with van der Waals surface area (Å²) in [7, 11) is 9.13. The van der Waals surface area contributed by atoms with Crippen molar-refractivity contribution in [1.82, 2.24) is 0 Å². The van der Waals surface area contributed by atoms with E-state index in [0.29, 0.717) is 0 Å². The summed E-state index contributed by atoms with van der Waals surface area (Å²) in [6.07, 6.45) is 0. The lowest BCUT2D eigenvalue weighted by Gasteiger charge is -2.33. The highest BCUT2D eigenvalue weighted by molar-refractivity contribution is 7.02. The van der Waals surface area contributed by atoms with Crippen molar-refractivity contribution < 1.29 is 37.9 Å². The van der Waals surface area contributed by atoms with Crippen LogP contribution in [0, 0.1) is 0 Å². The second kappa shape index (κ2) is 18.9. The molecule has 0 N–H and O–H groups in total. The fourth-order valence-electron chi connectivity index (χ4n) is 6.95. The zero-order chi connectivity index (χ0) is 35.2. The highest BCUT2D eigenvalue weighted by atomic mass is 28.4. The molecule has 0 radical (unpaired) electrons. The lowest BCUT2D eigenvalue weighted by Crippen LogP contribution is -2.46. The summed E-state index contributed by atoms with van der Waals surface area (Å²) in [6, 6.07) is 25.4. The Balaban J connectivity index is 1.80. The molecule has 0 aliphatic rings. The fraction of sp³-hybridized carbons (Fsp3) is 0.333. The molecule has 0 saturated heterocycles. The average Bonchev–Trinajstić information content (AvgIpc) is 3.16. The first kappa shape index (κ1) is 38.2. The summed E-state index contributed by atoms with van der Waals surface area (Å²) in [5, 5.41) is 5.34. The first-order valence-corrected chi connectivity index (χ1v) is 26.4. The Labute approximate surface area is 302 Å². The molecule has 0 amide bonds. The van der Waals surface area contributed by atoms with Gasteiger partial charge in [0.2, 0.25) is 0 Å². The van der Waals surface area contributed by atoms with Crippen LogP contribution in [0.15, 0.2) is 72.8 Å². The van der Waals surface area contributed by atoms with E-state index in [1.54, 1.807) is 56.9 Å². The molecule has 0 unspecified atom stereocenters. The van der Waals surface area contributed by atoms with E-state index >= 15 is 0 Å². The van der Waals surface area contributed by atoms with Gasteiger partial charge in [0.15, 0.2) is 46.0 Å². The quantitative estimate of drug-likeness (QED) is 0.125. The van der Waals surface area contributed by atoms with E-state index in [2.05, 4.69) is 48.5 Å². The monoisotopic (exact) mass is 752 g/mol. The Morgan fingerprint density at radius 1 is 0.347 bits per heavy atom. The molecule has 4 aromatic carbocycles. The average molecular weight is 753 g/mol. The normalized spacial score (nSPS) is 13.1. The van der Waals surface area contributed by atoms with E-state index in [9.17, 15) is 0 Å². The smallest absolute Gasteiger partial charge is 0.160 e. The standard InChI is InChI=1S/C36H52O8Si5/c1-37-25-13-9-17-29(33(25)41-5)45-21-49(22-46-30-18-10-14-26(38-2)34(30)42-6,23-47-31-19-11-15-27(39-3)35(31)43-7)24-48-32-20-12-16-28(40-4)36(32)44-8/h9-20H,21-24,45-48H2,1-8H3. The highest BCUT2D eigenvalue weighted by Gasteiger charge is 2.34. The summed E-state index contributed by atoms with van der Waals surface area (Å²) < 4.78 is 46.7. The van der Waals surface area contributed by atoms with Crippen molar-refractivity contribution in [2.24, 2.45) is 0 Å². The number of rotatable bonds is 20. The maximum absolute atomic E-state index is 5.95. The zero-order valence-corrected chi connectivity index (χ0v) is 37.0. The number of para-hydroxylation sites is 4. The largest absolute Gasteiger partial charge is 0.493 e. The third-order valence-corrected chi connectivity index (χ3v) is 35.0. The molecule has 4 rings (SSSR count). The molecule has 8 nitrogen and oxygen atoms in total. The second-order valence-corrected chi connectivity index (χ2v) is 28.2. The van der Waals surface area contributed by atoms with E-state index in [-0.39, 0.29) is 0 Å².